The Morgan fingerprint density at radius 2 is 2.00 bits per heavy atom. The predicted octanol–water partition coefficient (Wildman–Crippen LogP) is 3.59. The number of carbonyl (C=O) groups is 1. The first-order valence-corrected chi connectivity index (χ1v) is 7.69. The molecule has 0 N–H and O–H groups in total. The topological polar surface area (TPSA) is 35.5 Å². The molecule has 0 fully saturated rings. The number of rotatable bonds is 4. The van der Waals surface area contributed by atoms with E-state index in [0.717, 1.165) is 23.5 Å². The molecule has 1 atom stereocenters. The van der Waals surface area contributed by atoms with Gasteiger partial charge in [-0.3, -0.25) is 4.79 Å². The van der Waals surface area contributed by atoms with Gasteiger partial charge in [-0.25, -0.2) is 0 Å². The van der Waals surface area contributed by atoms with Gasteiger partial charge in [0.05, 0.1) is 6.61 Å². The maximum absolute atomic E-state index is 11.8. The molecule has 0 unspecified atom stereocenters. The summed E-state index contributed by atoms with van der Waals surface area (Å²) in [4.78, 5) is 11.8. The predicted molar refractivity (Wildman–Crippen MR) is 85.5 cm³/mol. The van der Waals surface area contributed by atoms with E-state index < -0.39 is 0 Å². The van der Waals surface area contributed by atoms with Gasteiger partial charge in [-0.15, -0.1) is 0 Å². The Kier molecular flexibility index (Phi) is 4.42. The average molecular weight is 296 g/mol. The second kappa shape index (κ2) is 6.65. The molecule has 0 spiro atoms. The first-order chi connectivity index (χ1) is 10.7. The van der Waals surface area contributed by atoms with Crippen LogP contribution in [0.1, 0.15) is 24.5 Å². The van der Waals surface area contributed by atoms with Crippen LogP contribution in [0, 0.1) is 0 Å². The van der Waals surface area contributed by atoms with Crippen molar-refractivity contribution in [3.63, 3.8) is 0 Å². The molecule has 0 bridgehead atoms. The van der Waals surface area contributed by atoms with Crippen LogP contribution >= 0.6 is 0 Å². The van der Waals surface area contributed by atoms with Gasteiger partial charge in [0.25, 0.3) is 0 Å². The summed E-state index contributed by atoms with van der Waals surface area (Å²) in [5.74, 6) is 1.79. The monoisotopic (exact) mass is 296 g/mol. The number of benzene rings is 2. The van der Waals surface area contributed by atoms with Crippen molar-refractivity contribution < 1.29 is 14.3 Å². The first-order valence-electron chi connectivity index (χ1n) is 7.69. The van der Waals surface area contributed by atoms with E-state index in [9.17, 15) is 4.79 Å². The fourth-order valence-electron chi connectivity index (χ4n) is 2.68. The molecule has 2 aromatic rings. The van der Waals surface area contributed by atoms with E-state index in [1.807, 2.05) is 43.3 Å². The maximum atomic E-state index is 11.8. The van der Waals surface area contributed by atoms with Crippen molar-refractivity contribution in [3.8, 4) is 11.5 Å². The van der Waals surface area contributed by atoms with Gasteiger partial charge >= 0.3 is 0 Å². The number of Topliss-reactive ketones (excluding diaryl/α,β-unsaturated/α-hetero) is 1. The van der Waals surface area contributed by atoms with E-state index in [-0.39, 0.29) is 11.9 Å². The zero-order valence-electron chi connectivity index (χ0n) is 12.7. The van der Waals surface area contributed by atoms with Gasteiger partial charge in [0.1, 0.15) is 23.4 Å². The number of hydrogen-bond acceptors (Lipinski definition) is 3. The number of carbonyl (C=O) groups excluding carboxylic acids is 1. The van der Waals surface area contributed by atoms with Gasteiger partial charge in [0.2, 0.25) is 0 Å². The van der Waals surface area contributed by atoms with E-state index in [1.165, 1.54) is 5.56 Å². The van der Waals surface area contributed by atoms with Crippen LogP contribution in [0.2, 0.25) is 0 Å². The first kappa shape index (κ1) is 14.6. The highest BCUT2D eigenvalue weighted by atomic mass is 16.5. The smallest absolute Gasteiger partial charge is 0.141 e. The summed E-state index contributed by atoms with van der Waals surface area (Å²) >= 11 is 0. The lowest BCUT2D eigenvalue weighted by Crippen LogP contribution is -2.14. The molecule has 2 aromatic carbocycles. The van der Waals surface area contributed by atoms with E-state index in [1.54, 1.807) is 0 Å². The summed E-state index contributed by atoms with van der Waals surface area (Å²) in [6.07, 6.45) is 1.71. The molecule has 0 aromatic heterocycles. The molecular formula is C19H20O3. The van der Waals surface area contributed by atoms with Gasteiger partial charge in [0.15, 0.2) is 0 Å². The summed E-state index contributed by atoms with van der Waals surface area (Å²) in [6, 6.07) is 16.0. The second-order valence-electron chi connectivity index (χ2n) is 5.70. The molecular weight excluding hydrogens is 276 g/mol. The third-order valence-electron chi connectivity index (χ3n) is 3.77. The van der Waals surface area contributed by atoms with Crippen molar-refractivity contribution in [1.29, 1.82) is 0 Å². The Balaban J connectivity index is 1.64. The van der Waals surface area contributed by atoms with E-state index >= 15 is 0 Å². The van der Waals surface area contributed by atoms with E-state index in [4.69, 9.17) is 9.47 Å². The highest BCUT2D eigenvalue weighted by Crippen LogP contribution is 2.29. The van der Waals surface area contributed by atoms with Crippen LogP contribution in [0.4, 0.5) is 0 Å². The Morgan fingerprint density at radius 1 is 1.18 bits per heavy atom. The number of fused-ring (bicyclic) bond motifs is 1. The van der Waals surface area contributed by atoms with Crippen LogP contribution < -0.4 is 9.47 Å². The molecule has 0 radical (unpaired) electrons. The number of ketones is 1. The largest absolute Gasteiger partial charge is 0.493 e. The normalized spacial score (nSPS) is 17.3. The Labute approximate surface area is 130 Å². The van der Waals surface area contributed by atoms with Gasteiger partial charge in [-0.05, 0) is 18.6 Å². The molecule has 0 saturated heterocycles. The van der Waals surface area contributed by atoms with Gasteiger partial charge in [0, 0.05) is 30.9 Å². The molecule has 3 rings (SSSR count). The quantitative estimate of drug-likeness (QED) is 0.865. The lowest BCUT2D eigenvalue weighted by atomic mass is 10.1. The van der Waals surface area contributed by atoms with Crippen molar-refractivity contribution in [2.75, 3.05) is 6.61 Å². The lowest BCUT2D eigenvalue weighted by molar-refractivity contribution is -0.119. The number of ether oxygens (including phenoxy) is 2. The zero-order valence-corrected chi connectivity index (χ0v) is 12.7. The fourth-order valence-corrected chi connectivity index (χ4v) is 2.68. The highest BCUT2D eigenvalue weighted by molar-refractivity contribution is 5.82. The fraction of sp³-hybridized carbons (Fsp3) is 0.316. The van der Waals surface area contributed by atoms with Crippen molar-refractivity contribution in [2.24, 2.45) is 0 Å². The summed E-state index contributed by atoms with van der Waals surface area (Å²) in [5.41, 5.74) is 2.21. The minimum absolute atomic E-state index is 0.0756. The molecule has 0 saturated carbocycles. The second-order valence-corrected chi connectivity index (χ2v) is 5.70. The zero-order chi connectivity index (χ0) is 15.4. The molecule has 3 nitrogen and oxygen atoms in total. The van der Waals surface area contributed by atoms with E-state index in [0.29, 0.717) is 19.4 Å². The standard InChI is InChI=1S/C19H20O3/c1-14-11-17(20)12-16-7-8-18(13-19(16)22-14)21-10-9-15-5-3-2-4-6-15/h2-8,13-14H,9-12H2,1H3/t14-/m1/s1. The van der Waals surface area contributed by atoms with Crippen molar-refractivity contribution in [3.05, 3.63) is 59.7 Å². The third-order valence-corrected chi connectivity index (χ3v) is 3.77. The molecule has 1 aliphatic rings. The SMILES string of the molecule is C[C@@H]1CC(=O)Cc2ccc(OCCc3ccccc3)cc2O1. The lowest BCUT2D eigenvalue weighted by Gasteiger charge is -2.14. The summed E-state index contributed by atoms with van der Waals surface area (Å²) < 4.78 is 11.6. The summed E-state index contributed by atoms with van der Waals surface area (Å²) in [6.45, 7) is 2.55. The maximum Gasteiger partial charge on any atom is 0.141 e. The Morgan fingerprint density at radius 3 is 2.82 bits per heavy atom. The molecule has 1 heterocycles. The Bertz CT molecular complexity index is 649. The van der Waals surface area contributed by atoms with E-state index in [2.05, 4.69) is 12.1 Å². The average Bonchev–Trinajstić information content (AvgIpc) is 2.64. The van der Waals surface area contributed by atoms with Crippen LogP contribution in [-0.2, 0) is 17.6 Å². The molecule has 3 heteroatoms. The van der Waals surface area contributed by atoms with Crippen LogP contribution in [0.3, 0.4) is 0 Å². The van der Waals surface area contributed by atoms with Gasteiger partial charge < -0.3 is 9.47 Å². The van der Waals surface area contributed by atoms with Gasteiger partial charge in [-0.2, -0.15) is 0 Å². The molecule has 0 aliphatic carbocycles. The molecule has 1 aliphatic heterocycles. The van der Waals surface area contributed by atoms with Crippen LogP contribution in [0.15, 0.2) is 48.5 Å². The minimum Gasteiger partial charge on any atom is -0.493 e. The van der Waals surface area contributed by atoms with Crippen LogP contribution in [0.5, 0.6) is 11.5 Å². The summed E-state index contributed by atoms with van der Waals surface area (Å²) in [7, 11) is 0. The van der Waals surface area contributed by atoms with Gasteiger partial charge in [-0.1, -0.05) is 36.4 Å². The van der Waals surface area contributed by atoms with Crippen molar-refractivity contribution in [2.45, 2.75) is 32.3 Å². The highest BCUT2D eigenvalue weighted by Gasteiger charge is 2.20. The van der Waals surface area contributed by atoms with Crippen LogP contribution in [0.25, 0.3) is 0 Å². The van der Waals surface area contributed by atoms with Crippen molar-refractivity contribution in [1.82, 2.24) is 0 Å². The minimum atomic E-state index is -0.0756. The van der Waals surface area contributed by atoms with Crippen LogP contribution in [-0.4, -0.2) is 18.5 Å². The molecule has 0 amide bonds. The third kappa shape index (κ3) is 3.67. The Hall–Kier alpha value is -2.29. The summed E-state index contributed by atoms with van der Waals surface area (Å²) in [5, 5.41) is 0. The molecule has 22 heavy (non-hydrogen) atoms. The number of hydrogen-bond donors (Lipinski definition) is 0. The molecule has 114 valence electrons. The van der Waals surface area contributed by atoms with Crippen molar-refractivity contribution >= 4 is 5.78 Å².